The van der Waals surface area contributed by atoms with Crippen LogP contribution in [-0.4, -0.2) is 27.9 Å². The summed E-state index contributed by atoms with van der Waals surface area (Å²) in [6.07, 6.45) is 3.12. The monoisotopic (exact) mass is 435 g/mol. The fourth-order valence-electron chi connectivity index (χ4n) is 2.97. The molecule has 8 nitrogen and oxygen atoms in total. The van der Waals surface area contributed by atoms with Crippen LogP contribution in [-0.2, 0) is 15.8 Å². The van der Waals surface area contributed by atoms with Crippen LogP contribution in [0.15, 0.2) is 73.3 Å². The second kappa shape index (κ2) is 8.57. The Hall–Kier alpha value is -3.72. The summed E-state index contributed by atoms with van der Waals surface area (Å²) in [5, 5.41) is 0. The quantitative estimate of drug-likeness (QED) is 0.471. The van der Waals surface area contributed by atoms with Crippen molar-refractivity contribution in [2.75, 3.05) is 4.72 Å². The molecule has 9 heteroatoms. The van der Waals surface area contributed by atoms with Gasteiger partial charge < -0.3 is 4.74 Å². The normalized spacial score (nSPS) is 11.3. The van der Waals surface area contributed by atoms with Crippen LogP contribution in [0.5, 0.6) is 11.6 Å². The van der Waals surface area contributed by atoms with Crippen molar-refractivity contribution in [3.8, 4) is 17.4 Å². The maximum atomic E-state index is 12.4. The minimum Gasteiger partial charge on any atom is -0.439 e. The molecule has 0 aliphatic heterocycles. The first-order valence-corrected chi connectivity index (χ1v) is 11.2. The van der Waals surface area contributed by atoms with Gasteiger partial charge in [-0.2, -0.15) is 0 Å². The Morgan fingerprint density at radius 3 is 2.39 bits per heavy atom. The summed E-state index contributed by atoms with van der Waals surface area (Å²) in [5.41, 5.74) is 3.08. The summed E-state index contributed by atoms with van der Waals surface area (Å²) in [4.78, 5) is 12.7. The minimum absolute atomic E-state index is 0.0943. The van der Waals surface area contributed by atoms with Gasteiger partial charge in [0.2, 0.25) is 15.9 Å². The number of rotatable bonds is 7. The number of ether oxygens (including phenoxy) is 1. The van der Waals surface area contributed by atoms with Gasteiger partial charge in [0.25, 0.3) is 0 Å². The van der Waals surface area contributed by atoms with Crippen LogP contribution < -0.4 is 9.46 Å². The summed E-state index contributed by atoms with van der Waals surface area (Å²) < 4.78 is 35.0. The van der Waals surface area contributed by atoms with Crippen molar-refractivity contribution in [1.82, 2.24) is 19.5 Å². The zero-order valence-corrected chi connectivity index (χ0v) is 17.9. The largest absolute Gasteiger partial charge is 0.439 e. The van der Waals surface area contributed by atoms with Crippen molar-refractivity contribution in [2.45, 2.75) is 19.6 Å². The number of aryl methyl sites for hydroxylation is 1. The van der Waals surface area contributed by atoms with Gasteiger partial charge >= 0.3 is 0 Å². The standard InChI is InChI=1S/C22H21N5O3S/c1-16-17(2)27(15-25-16)21-12-22(24-14-23-21)30-20-10-8-19(9-11-20)26-31(28,29)13-18-6-4-3-5-7-18/h3-12,14-15,26H,13H2,1-2H3. The lowest BCUT2D eigenvalue weighted by molar-refractivity contribution is 0.461. The van der Waals surface area contributed by atoms with Crippen molar-refractivity contribution >= 4 is 15.7 Å². The number of nitrogens with one attached hydrogen (secondary N) is 1. The Morgan fingerprint density at radius 2 is 1.71 bits per heavy atom. The first-order valence-electron chi connectivity index (χ1n) is 9.55. The number of anilines is 1. The van der Waals surface area contributed by atoms with Crippen LogP contribution >= 0.6 is 0 Å². The topological polar surface area (TPSA) is 99.0 Å². The van der Waals surface area contributed by atoms with E-state index in [9.17, 15) is 8.42 Å². The van der Waals surface area contributed by atoms with E-state index in [4.69, 9.17) is 4.74 Å². The minimum atomic E-state index is -3.52. The van der Waals surface area contributed by atoms with Crippen LogP contribution in [0.1, 0.15) is 17.0 Å². The highest BCUT2D eigenvalue weighted by atomic mass is 32.2. The average Bonchev–Trinajstić information content (AvgIpc) is 3.08. The smallest absolute Gasteiger partial charge is 0.236 e. The van der Waals surface area contributed by atoms with E-state index < -0.39 is 10.0 Å². The summed E-state index contributed by atoms with van der Waals surface area (Å²) in [5.74, 6) is 1.44. The molecule has 2 aromatic carbocycles. The Morgan fingerprint density at radius 1 is 0.968 bits per heavy atom. The fourth-order valence-corrected chi connectivity index (χ4v) is 4.17. The molecule has 31 heavy (non-hydrogen) atoms. The average molecular weight is 436 g/mol. The number of benzene rings is 2. The van der Waals surface area contributed by atoms with Gasteiger partial charge in [0.05, 0.1) is 11.4 Å². The molecule has 0 saturated carbocycles. The summed E-state index contributed by atoms with van der Waals surface area (Å²) in [6, 6.07) is 17.4. The molecule has 0 aliphatic rings. The van der Waals surface area contributed by atoms with Crippen molar-refractivity contribution < 1.29 is 13.2 Å². The zero-order valence-electron chi connectivity index (χ0n) is 17.1. The molecule has 4 aromatic rings. The fraction of sp³-hybridized carbons (Fsp3) is 0.136. The second-order valence-electron chi connectivity index (χ2n) is 6.97. The van der Waals surface area contributed by atoms with Crippen LogP contribution in [0.2, 0.25) is 0 Å². The molecule has 0 unspecified atom stereocenters. The molecule has 0 spiro atoms. The van der Waals surface area contributed by atoms with E-state index in [1.165, 1.54) is 6.33 Å². The van der Waals surface area contributed by atoms with E-state index in [1.807, 2.05) is 36.6 Å². The van der Waals surface area contributed by atoms with E-state index in [0.717, 1.165) is 17.0 Å². The summed E-state index contributed by atoms with van der Waals surface area (Å²) in [6.45, 7) is 3.89. The van der Waals surface area contributed by atoms with E-state index in [0.29, 0.717) is 23.1 Å². The maximum Gasteiger partial charge on any atom is 0.236 e. The molecular weight excluding hydrogens is 414 g/mol. The number of hydrogen-bond acceptors (Lipinski definition) is 6. The number of aromatic nitrogens is 4. The molecule has 0 saturated heterocycles. The number of nitrogens with zero attached hydrogens (tertiary/aromatic N) is 4. The van der Waals surface area contributed by atoms with Crippen LogP contribution in [0.25, 0.3) is 5.82 Å². The number of imidazole rings is 1. The predicted molar refractivity (Wildman–Crippen MR) is 118 cm³/mol. The Bertz CT molecular complexity index is 1290. The molecule has 158 valence electrons. The van der Waals surface area contributed by atoms with Crippen LogP contribution in [0.3, 0.4) is 0 Å². The number of hydrogen-bond donors (Lipinski definition) is 1. The Balaban J connectivity index is 1.44. The van der Waals surface area contributed by atoms with E-state index in [-0.39, 0.29) is 5.75 Å². The van der Waals surface area contributed by atoms with Crippen LogP contribution in [0, 0.1) is 13.8 Å². The van der Waals surface area contributed by atoms with Crippen molar-refractivity contribution in [1.29, 1.82) is 0 Å². The third-order valence-corrected chi connectivity index (χ3v) is 5.94. The lowest BCUT2D eigenvalue weighted by Crippen LogP contribution is -2.14. The van der Waals surface area contributed by atoms with Gasteiger partial charge in [-0.1, -0.05) is 30.3 Å². The Labute approximate surface area is 180 Å². The van der Waals surface area contributed by atoms with Gasteiger partial charge in [0.15, 0.2) is 0 Å². The molecule has 2 heterocycles. The van der Waals surface area contributed by atoms with E-state index in [2.05, 4.69) is 19.7 Å². The third kappa shape index (κ3) is 5.07. The van der Waals surface area contributed by atoms with Gasteiger partial charge in [-0.3, -0.25) is 9.29 Å². The van der Waals surface area contributed by atoms with Crippen molar-refractivity contribution in [3.05, 3.63) is 90.3 Å². The predicted octanol–water partition coefficient (Wildman–Crippen LogP) is 4.01. The lowest BCUT2D eigenvalue weighted by atomic mass is 10.2. The molecule has 0 amide bonds. The first kappa shape index (κ1) is 20.5. The van der Waals surface area contributed by atoms with Crippen molar-refractivity contribution in [2.24, 2.45) is 0 Å². The molecule has 0 aliphatic carbocycles. The van der Waals surface area contributed by atoms with Crippen LogP contribution in [0.4, 0.5) is 5.69 Å². The summed E-state index contributed by atoms with van der Waals surface area (Å²) in [7, 11) is -3.52. The highest BCUT2D eigenvalue weighted by Gasteiger charge is 2.12. The van der Waals surface area contributed by atoms with Gasteiger partial charge in [-0.25, -0.2) is 23.4 Å². The molecule has 0 radical (unpaired) electrons. The van der Waals surface area contributed by atoms with Gasteiger partial charge in [-0.05, 0) is 43.7 Å². The second-order valence-corrected chi connectivity index (χ2v) is 8.70. The lowest BCUT2D eigenvalue weighted by Gasteiger charge is -2.10. The van der Waals surface area contributed by atoms with E-state index >= 15 is 0 Å². The molecule has 0 atom stereocenters. The third-order valence-electron chi connectivity index (χ3n) is 4.68. The van der Waals surface area contributed by atoms with Crippen molar-refractivity contribution in [3.63, 3.8) is 0 Å². The van der Waals surface area contributed by atoms with Gasteiger partial charge in [0.1, 0.15) is 24.2 Å². The maximum absolute atomic E-state index is 12.4. The SMILES string of the molecule is Cc1ncn(-c2cc(Oc3ccc(NS(=O)(=O)Cc4ccccc4)cc3)ncn2)c1C. The molecule has 0 fully saturated rings. The van der Waals surface area contributed by atoms with E-state index in [1.54, 1.807) is 48.8 Å². The first-order chi connectivity index (χ1) is 14.9. The molecule has 0 bridgehead atoms. The molecule has 2 aromatic heterocycles. The summed E-state index contributed by atoms with van der Waals surface area (Å²) >= 11 is 0. The number of sulfonamides is 1. The Kier molecular flexibility index (Phi) is 5.68. The molecule has 1 N–H and O–H groups in total. The van der Waals surface area contributed by atoms with Gasteiger partial charge in [0, 0.05) is 17.4 Å². The molecule has 4 rings (SSSR count). The van der Waals surface area contributed by atoms with Gasteiger partial charge in [-0.15, -0.1) is 0 Å². The highest BCUT2D eigenvalue weighted by Crippen LogP contribution is 2.24. The molecular formula is C22H21N5O3S. The highest BCUT2D eigenvalue weighted by molar-refractivity contribution is 7.91. The zero-order chi connectivity index (χ0) is 21.8.